The van der Waals surface area contributed by atoms with Crippen molar-refractivity contribution in [3.8, 4) is 0 Å². The van der Waals surface area contributed by atoms with E-state index in [9.17, 15) is 9.59 Å². The zero-order chi connectivity index (χ0) is 14.4. The summed E-state index contributed by atoms with van der Waals surface area (Å²) in [6.45, 7) is 0.671. The lowest BCUT2D eigenvalue weighted by Gasteiger charge is -2.06. The Balaban J connectivity index is 1.86. The Morgan fingerprint density at radius 1 is 1.25 bits per heavy atom. The molecule has 0 fully saturated rings. The summed E-state index contributed by atoms with van der Waals surface area (Å²) in [6.07, 6.45) is 1.23. The van der Waals surface area contributed by atoms with Gasteiger partial charge in [0.05, 0.1) is 0 Å². The van der Waals surface area contributed by atoms with Crippen LogP contribution in [-0.4, -0.2) is 27.0 Å². The molecule has 1 heterocycles. The van der Waals surface area contributed by atoms with Crippen LogP contribution < -0.4 is 16.4 Å². The van der Waals surface area contributed by atoms with Crippen molar-refractivity contribution in [2.45, 2.75) is 13.1 Å². The van der Waals surface area contributed by atoms with E-state index in [1.165, 1.54) is 6.33 Å². The van der Waals surface area contributed by atoms with Gasteiger partial charge in [-0.3, -0.25) is 14.9 Å². The molecule has 0 saturated carbocycles. The standard InChI is InChI=1S/C12H14N6O2/c13-5-8-2-1-3-9(4-8)6-14-10(19)11(20)17-12-15-7-16-18-12/h1-4,7H,5-6,13H2,(H,14,19)(H2,15,16,17,18,20). The monoisotopic (exact) mass is 274 g/mol. The third-order valence-corrected chi connectivity index (χ3v) is 2.53. The number of aromatic nitrogens is 3. The summed E-state index contributed by atoms with van der Waals surface area (Å²) in [5, 5.41) is 10.8. The Kier molecular flexibility index (Phi) is 4.40. The van der Waals surface area contributed by atoms with Crippen LogP contribution in [0.4, 0.5) is 5.95 Å². The average Bonchev–Trinajstić information content (AvgIpc) is 2.97. The van der Waals surface area contributed by atoms with Crippen molar-refractivity contribution in [1.29, 1.82) is 0 Å². The second kappa shape index (κ2) is 6.43. The zero-order valence-corrected chi connectivity index (χ0v) is 10.6. The molecule has 5 N–H and O–H groups in total. The second-order valence-corrected chi connectivity index (χ2v) is 3.99. The number of amides is 2. The van der Waals surface area contributed by atoms with Gasteiger partial charge in [0.1, 0.15) is 6.33 Å². The molecule has 2 amide bonds. The highest BCUT2D eigenvalue weighted by atomic mass is 16.2. The number of hydrogen-bond acceptors (Lipinski definition) is 5. The molecule has 0 aliphatic heterocycles. The average molecular weight is 274 g/mol. The molecule has 2 aromatic rings. The van der Waals surface area contributed by atoms with Gasteiger partial charge in [-0.1, -0.05) is 24.3 Å². The van der Waals surface area contributed by atoms with E-state index in [4.69, 9.17) is 5.73 Å². The number of benzene rings is 1. The Labute approximate surface area is 114 Å². The molecule has 0 radical (unpaired) electrons. The summed E-state index contributed by atoms with van der Waals surface area (Å²) in [6, 6.07) is 7.45. The first-order chi connectivity index (χ1) is 9.69. The molecule has 0 atom stereocenters. The van der Waals surface area contributed by atoms with Gasteiger partial charge in [-0.25, -0.2) is 5.10 Å². The van der Waals surface area contributed by atoms with Gasteiger partial charge in [0.2, 0.25) is 5.95 Å². The smallest absolute Gasteiger partial charge is 0.316 e. The first kappa shape index (κ1) is 13.7. The van der Waals surface area contributed by atoms with E-state index in [-0.39, 0.29) is 12.5 Å². The van der Waals surface area contributed by atoms with Gasteiger partial charge in [-0.05, 0) is 11.1 Å². The number of aromatic amines is 1. The lowest BCUT2D eigenvalue weighted by molar-refractivity contribution is -0.136. The van der Waals surface area contributed by atoms with E-state index in [0.717, 1.165) is 11.1 Å². The second-order valence-electron chi connectivity index (χ2n) is 3.99. The summed E-state index contributed by atoms with van der Waals surface area (Å²) >= 11 is 0. The first-order valence-electron chi connectivity index (χ1n) is 5.91. The highest BCUT2D eigenvalue weighted by Gasteiger charge is 2.14. The van der Waals surface area contributed by atoms with Gasteiger partial charge >= 0.3 is 11.8 Å². The Hall–Kier alpha value is -2.74. The van der Waals surface area contributed by atoms with Gasteiger partial charge in [-0.15, -0.1) is 0 Å². The summed E-state index contributed by atoms with van der Waals surface area (Å²) < 4.78 is 0. The van der Waals surface area contributed by atoms with Crippen molar-refractivity contribution in [3.63, 3.8) is 0 Å². The van der Waals surface area contributed by atoms with Crippen LogP contribution in [0.5, 0.6) is 0 Å². The molecule has 1 aromatic heterocycles. The molecule has 1 aromatic carbocycles. The van der Waals surface area contributed by atoms with Crippen LogP contribution in [0, 0.1) is 0 Å². The molecule has 0 saturated heterocycles. The van der Waals surface area contributed by atoms with Crippen LogP contribution in [0.3, 0.4) is 0 Å². The molecule has 8 nitrogen and oxygen atoms in total. The van der Waals surface area contributed by atoms with Gasteiger partial charge in [-0.2, -0.15) is 10.1 Å². The zero-order valence-electron chi connectivity index (χ0n) is 10.6. The number of anilines is 1. The molecule has 0 aliphatic rings. The van der Waals surface area contributed by atoms with Crippen molar-refractivity contribution >= 4 is 17.8 Å². The molecule has 20 heavy (non-hydrogen) atoms. The van der Waals surface area contributed by atoms with E-state index in [1.54, 1.807) is 0 Å². The number of carbonyl (C=O) groups is 2. The Morgan fingerprint density at radius 3 is 2.75 bits per heavy atom. The molecule has 0 bridgehead atoms. The number of rotatable bonds is 4. The Bertz CT molecular complexity index is 596. The third kappa shape index (κ3) is 3.62. The third-order valence-electron chi connectivity index (χ3n) is 2.53. The molecule has 0 aliphatic carbocycles. The minimum atomic E-state index is -0.809. The lowest BCUT2D eigenvalue weighted by Crippen LogP contribution is -2.35. The minimum absolute atomic E-state index is 0.121. The largest absolute Gasteiger partial charge is 0.344 e. The summed E-state index contributed by atoms with van der Waals surface area (Å²) in [4.78, 5) is 26.8. The van der Waals surface area contributed by atoms with E-state index in [1.807, 2.05) is 24.3 Å². The van der Waals surface area contributed by atoms with Crippen LogP contribution in [-0.2, 0) is 22.7 Å². The molecule has 0 spiro atoms. The molecule has 104 valence electrons. The number of H-pyrrole nitrogens is 1. The van der Waals surface area contributed by atoms with Crippen LogP contribution in [0.1, 0.15) is 11.1 Å². The fourth-order valence-electron chi connectivity index (χ4n) is 1.56. The van der Waals surface area contributed by atoms with Crippen molar-refractivity contribution in [2.24, 2.45) is 5.73 Å². The van der Waals surface area contributed by atoms with Crippen LogP contribution >= 0.6 is 0 Å². The molecular weight excluding hydrogens is 260 g/mol. The summed E-state index contributed by atoms with van der Waals surface area (Å²) in [5.74, 6) is -1.44. The Morgan fingerprint density at radius 2 is 2.05 bits per heavy atom. The maximum Gasteiger partial charge on any atom is 0.316 e. The minimum Gasteiger partial charge on any atom is -0.344 e. The van der Waals surface area contributed by atoms with Crippen molar-refractivity contribution in [3.05, 3.63) is 41.7 Å². The molecule has 0 unspecified atom stereocenters. The predicted molar refractivity (Wildman–Crippen MR) is 71.2 cm³/mol. The topological polar surface area (TPSA) is 126 Å². The number of hydrogen-bond donors (Lipinski definition) is 4. The van der Waals surface area contributed by atoms with Crippen molar-refractivity contribution in [2.75, 3.05) is 5.32 Å². The van der Waals surface area contributed by atoms with E-state index < -0.39 is 11.8 Å². The quantitative estimate of drug-likeness (QED) is 0.560. The number of carbonyl (C=O) groups excluding carboxylic acids is 2. The molecule has 2 rings (SSSR count). The van der Waals surface area contributed by atoms with Crippen LogP contribution in [0.2, 0.25) is 0 Å². The van der Waals surface area contributed by atoms with Gasteiger partial charge in [0, 0.05) is 13.1 Å². The highest BCUT2D eigenvalue weighted by Crippen LogP contribution is 2.04. The SMILES string of the molecule is NCc1cccc(CNC(=O)C(=O)Nc2ncn[nH]2)c1. The number of nitrogens with two attached hydrogens (primary N) is 1. The van der Waals surface area contributed by atoms with Gasteiger partial charge in [0.25, 0.3) is 0 Å². The fraction of sp³-hybridized carbons (Fsp3) is 0.167. The number of nitrogens with one attached hydrogen (secondary N) is 3. The van der Waals surface area contributed by atoms with Crippen molar-refractivity contribution in [1.82, 2.24) is 20.5 Å². The first-order valence-corrected chi connectivity index (χ1v) is 5.91. The maximum absolute atomic E-state index is 11.6. The van der Waals surface area contributed by atoms with Crippen LogP contribution in [0.15, 0.2) is 30.6 Å². The highest BCUT2D eigenvalue weighted by molar-refractivity contribution is 6.39. The summed E-state index contributed by atoms with van der Waals surface area (Å²) in [5.41, 5.74) is 7.36. The van der Waals surface area contributed by atoms with E-state index >= 15 is 0 Å². The van der Waals surface area contributed by atoms with Crippen LogP contribution in [0.25, 0.3) is 0 Å². The van der Waals surface area contributed by atoms with Gasteiger partial charge < -0.3 is 11.1 Å². The lowest BCUT2D eigenvalue weighted by atomic mass is 10.1. The summed E-state index contributed by atoms with van der Waals surface area (Å²) in [7, 11) is 0. The predicted octanol–water partition coefficient (Wildman–Crippen LogP) is -0.482. The molecular formula is C12H14N6O2. The van der Waals surface area contributed by atoms with Crippen molar-refractivity contribution < 1.29 is 9.59 Å². The van der Waals surface area contributed by atoms with E-state index in [0.29, 0.717) is 6.54 Å². The normalized spacial score (nSPS) is 10.1. The fourth-order valence-corrected chi connectivity index (χ4v) is 1.56. The van der Waals surface area contributed by atoms with Gasteiger partial charge in [0.15, 0.2) is 0 Å². The van der Waals surface area contributed by atoms with E-state index in [2.05, 4.69) is 25.8 Å². The number of nitrogens with zero attached hydrogens (tertiary/aromatic N) is 2. The molecule has 8 heteroatoms. The maximum atomic E-state index is 11.6.